The maximum atomic E-state index is 9.52. The van der Waals surface area contributed by atoms with Gasteiger partial charge in [0.05, 0.1) is 15.3 Å². The van der Waals surface area contributed by atoms with Gasteiger partial charge in [-0.05, 0) is 59.2 Å². The van der Waals surface area contributed by atoms with E-state index in [4.69, 9.17) is 0 Å². The van der Waals surface area contributed by atoms with E-state index >= 15 is 0 Å². The van der Waals surface area contributed by atoms with Gasteiger partial charge in [-0.1, -0.05) is 13.8 Å². The van der Waals surface area contributed by atoms with Crippen LogP contribution in [0.2, 0.25) is 0 Å². The van der Waals surface area contributed by atoms with Crippen LogP contribution in [0.5, 0.6) is 0 Å². The summed E-state index contributed by atoms with van der Waals surface area (Å²) in [4.78, 5) is 1.33. The van der Waals surface area contributed by atoms with Gasteiger partial charge < -0.3 is 0 Å². The van der Waals surface area contributed by atoms with Crippen LogP contribution in [0.25, 0.3) is 0 Å². The number of hydrogen-bond acceptors (Lipinski definition) is 2. The van der Waals surface area contributed by atoms with Crippen LogP contribution in [0.1, 0.15) is 44.4 Å². The molecule has 1 aliphatic carbocycles. The summed E-state index contributed by atoms with van der Waals surface area (Å²) in [5.74, 6) is 0. The summed E-state index contributed by atoms with van der Waals surface area (Å²) in [5, 5.41) is 9.52. The Kier molecular flexibility index (Phi) is 3.66. The van der Waals surface area contributed by atoms with Gasteiger partial charge in [0, 0.05) is 11.3 Å². The zero-order valence-electron chi connectivity index (χ0n) is 10.4. The highest BCUT2D eigenvalue weighted by atomic mass is 79.9. The molecule has 0 aromatic carbocycles. The van der Waals surface area contributed by atoms with E-state index in [0.29, 0.717) is 5.41 Å². The molecule has 1 aliphatic rings. The quantitative estimate of drug-likeness (QED) is 0.739. The fourth-order valence-corrected chi connectivity index (χ4v) is 4.14. The molecule has 17 heavy (non-hydrogen) atoms. The largest absolute Gasteiger partial charge is 0.198 e. The summed E-state index contributed by atoms with van der Waals surface area (Å²) in [6.07, 6.45) is 5.37. The van der Waals surface area contributed by atoms with E-state index in [0.717, 1.165) is 23.0 Å². The Morgan fingerprint density at radius 1 is 1.29 bits per heavy atom. The second-order valence-corrected chi connectivity index (χ2v) is 8.49. The van der Waals surface area contributed by atoms with Crippen molar-refractivity contribution in [2.75, 3.05) is 0 Å². The lowest BCUT2D eigenvalue weighted by Crippen LogP contribution is -2.31. The SMILES string of the molecule is CC1(C)CCC(C#N)(Cc2ccc(Br)s2)CC1. The molecular weight excluding hydrogens is 294 g/mol. The minimum absolute atomic E-state index is 0.111. The molecule has 0 saturated heterocycles. The van der Waals surface area contributed by atoms with Crippen molar-refractivity contribution in [1.29, 1.82) is 5.26 Å². The molecule has 92 valence electrons. The fourth-order valence-electron chi connectivity index (χ4n) is 2.51. The molecule has 1 nitrogen and oxygen atoms in total. The van der Waals surface area contributed by atoms with Crippen LogP contribution in [-0.4, -0.2) is 0 Å². The zero-order valence-corrected chi connectivity index (χ0v) is 12.8. The fraction of sp³-hybridized carbons (Fsp3) is 0.643. The van der Waals surface area contributed by atoms with Crippen molar-refractivity contribution in [1.82, 2.24) is 0 Å². The first kappa shape index (κ1) is 13.1. The molecule has 0 unspecified atom stereocenters. The summed E-state index contributed by atoms with van der Waals surface area (Å²) < 4.78 is 1.16. The van der Waals surface area contributed by atoms with Crippen molar-refractivity contribution in [2.24, 2.45) is 10.8 Å². The average Bonchev–Trinajstić information content (AvgIpc) is 2.68. The molecule has 0 atom stereocenters. The van der Waals surface area contributed by atoms with Crippen LogP contribution in [0.4, 0.5) is 0 Å². The van der Waals surface area contributed by atoms with Gasteiger partial charge in [0.25, 0.3) is 0 Å². The second kappa shape index (κ2) is 4.74. The third-order valence-electron chi connectivity index (χ3n) is 3.94. The predicted molar refractivity (Wildman–Crippen MR) is 76.0 cm³/mol. The molecule has 0 bridgehead atoms. The molecule has 0 N–H and O–H groups in total. The smallest absolute Gasteiger partial charge is 0.0701 e. The molecule has 0 radical (unpaired) electrons. The highest BCUT2D eigenvalue weighted by Crippen LogP contribution is 2.47. The van der Waals surface area contributed by atoms with E-state index in [1.54, 1.807) is 11.3 Å². The molecule has 0 aliphatic heterocycles. The van der Waals surface area contributed by atoms with E-state index < -0.39 is 0 Å². The number of nitriles is 1. The van der Waals surface area contributed by atoms with Gasteiger partial charge in [-0.2, -0.15) is 5.26 Å². The van der Waals surface area contributed by atoms with E-state index in [1.165, 1.54) is 17.7 Å². The maximum absolute atomic E-state index is 9.52. The molecule has 1 aromatic rings. The van der Waals surface area contributed by atoms with Gasteiger partial charge in [-0.15, -0.1) is 11.3 Å². The van der Waals surface area contributed by atoms with Crippen LogP contribution in [0.15, 0.2) is 15.9 Å². The monoisotopic (exact) mass is 311 g/mol. The number of nitrogens with zero attached hydrogens (tertiary/aromatic N) is 1. The van der Waals surface area contributed by atoms with Crippen LogP contribution >= 0.6 is 27.3 Å². The van der Waals surface area contributed by atoms with Crippen LogP contribution in [0.3, 0.4) is 0 Å². The van der Waals surface area contributed by atoms with Gasteiger partial charge in [0.15, 0.2) is 0 Å². The lowest BCUT2D eigenvalue weighted by Gasteiger charge is -2.39. The molecule has 1 aromatic heterocycles. The normalized spacial score (nSPS) is 22.0. The summed E-state index contributed by atoms with van der Waals surface area (Å²) in [6, 6.07) is 6.83. The summed E-state index contributed by atoms with van der Waals surface area (Å²) in [6.45, 7) is 4.63. The number of thiophene rings is 1. The Hall–Kier alpha value is -0.330. The predicted octanol–water partition coefficient (Wildman–Crippen LogP) is 5.16. The van der Waals surface area contributed by atoms with E-state index in [-0.39, 0.29) is 5.41 Å². The van der Waals surface area contributed by atoms with Crippen molar-refractivity contribution in [3.05, 3.63) is 20.8 Å². The summed E-state index contributed by atoms with van der Waals surface area (Å²) in [7, 11) is 0. The zero-order chi connectivity index (χ0) is 12.5. The van der Waals surface area contributed by atoms with Crippen LogP contribution < -0.4 is 0 Å². The Morgan fingerprint density at radius 2 is 1.94 bits per heavy atom. The molecule has 1 saturated carbocycles. The third kappa shape index (κ3) is 3.11. The van der Waals surface area contributed by atoms with Gasteiger partial charge in [0.1, 0.15) is 0 Å². The Bertz CT molecular complexity index is 431. The van der Waals surface area contributed by atoms with Gasteiger partial charge in [-0.25, -0.2) is 0 Å². The molecule has 1 fully saturated rings. The number of hydrogen-bond donors (Lipinski definition) is 0. The van der Waals surface area contributed by atoms with Crippen molar-refractivity contribution in [3.8, 4) is 6.07 Å². The summed E-state index contributed by atoms with van der Waals surface area (Å²) >= 11 is 5.25. The molecule has 0 amide bonds. The number of rotatable bonds is 2. The highest BCUT2D eigenvalue weighted by Gasteiger charge is 2.38. The van der Waals surface area contributed by atoms with Crippen molar-refractivity contribution in [2.45, 2.75) is 46.0 Å². The lowest BCUT2D eigenvalue weighted by atomic mass is 9.64. The second-order valence-electron chi connectivity index (χ2n) is 5.94. The average molecular weight is 312 g/mol. The van der Waals surface area contributed by atoms with E-state index in [1.807, 2.05) is 0 Å². The topological polar surface area (TPSA) is 23.8 Å². The van der Waals surface area contributed by atoms with E-state index in [9.17, 15) is 5.26 Å². The maximum Gasteiger partial charge on any atom is 0.0701 e. The minimum Gasteiger partial charge on any atom is -0.198 e. The van der Waals surface area contributed by atoms with Gasteiger partial charge in [-0.3, -0.25) is 0 Å². The first-order valence-corrected chi connectivity index (χ1v) is 7.71. The molecular formula is C14H18BrNS. The summed E-state index contributed by atoms with van der Waals surface area (Å²) in [5.41, 5.74) is 0.316. The third-order valence-corrected chi connectivity index (χ3v) is 5.56. The number of halogens is 1. The Balaban J connectivity index is 2.09. The first-order valence-electron chi connectivity index (χ1n) is 6.10. The van der Waals surface area contributed by atoms with Gasteiger partial charge >= 0.3 is 0 Å². The lowest BCUT2D eigenvalue weighted by molar-refractivity contribution is 0.146. The van der Waals surface area contributed by atoms with Crippen molar-refractivity contribution < 1.29 is 0 Å². The van der Waals surface area contributed by atoms with Crippen LogP contribution in [0, 0.1) is 22.2 Å². The highest BCUT2D eigenvalue weighted by molar-refractivity contribution is 9.11. The molecule has 2 rings (SSSR count). The molecule has 1 heterocycles. The van der Waals surface area contributed by atoms with Crippen molar-refractivity contribution in [3.63, 3.8) is 0 Å². The minimum atomic E-state index is -0.111. The van der Waals surface area contributed by atoms with Crippen molar-refractivity contribution >= 4 is 27.3 Å². The Morgan fingerprint density at radius 3 is 2.41 bits per heavy atom. The standard InChI is InChI=1S/C14H18BrNS/c1-13(2)5-7-14(10-16,8-6-13)9-11-3-4-12(15)17-11/h3-4H,5-9H2,1-2H3. The Labute approximate surface area is 116 Å². The molecule has 3 heteroatoms. The first-order chi connectivity index (χ1) is 7.95. The van der Waals surface area contributed by atoms with E-state index in [2.05, 4.69) is 48.0 Å². The van der Waals surface area contributed by atoms with Crippen LogP contribution in [-0.2, 0) is 6.42 Å². The van der Waals surface area contributed by atoms with Gasteiger partial charge in [0.2, 0.25) is 0 Å². The molecule has 0 spiro atoms.